The zero-order valence-corrected chi connectivity index (χ0v) is 11.7. The summed E-state index contributed by atoms with van der Waals surface area (Å²) >= 11 is 0. The maximum Gasteiger partial charge on any atom is 0.244 e. The molecular weight excluding hydrogens is 264 g/mol. The van der Waals surface area contributed by atoms with E-state index in [0.717, 1.165) is 11.1 Å². The van der Waals surface area contributed by atoms with Crippen LogP contribution >= 0.6 is 0 Å². The number of nitrogens with one attached hydrogen (secondary N) is 1. The van der Waals surface area contributed by atoms with Gasteiger partial charge in [0.25, 0.3) is 0 Å². The Bertz CT molecular complexity index is 643. The summed E-state index contributed by atoms with van der Waals surface area (Å²) in [4.78, 5) is 11.8. The molecule has 0 spiro atoms. The van der Waals surface area contributed by atoms with Crippen LogP contribution in [0.2, 0.25) is 0 Å². The molecule has 0 aromatic heterocycles. The fourth-order valence-corrected chi connectivity index (χ4v) is 1.98. The number of aliphatic hydroxyl groups is 1. The smallest absolute Gasteiger partial charge is 0.244 e. The van der Waals surface area contributed by atoms with E-state index in [1.54, 1.807) is 18.2 Å². The number of benzene rings is 2. The molecule has 0 saturated carbocycles. The van der Waals surface area contributed by atoms with Crippen molar-refractivity contribution in [3.05, 3.63) is 54.6 Å². The van der Waals surface area contributed by atoms with Crippen LogP contribution < -0.4 is 5.32 Å². The number of hydrogen-bond donors (Lipinski definition) is 2. The Balaban J connectivity index is 2.10. The first-order chi connectivity index (χ1) is 10.1. The fraction of sp³-hybridized carbons (Fsp3) is 0.176. The minimum Gasteiger partial charge on any atom is -0.391 e. The summed E-state index contributed by atoms with van der Waals surface area (Å²) in [5.41, 5.74) is 2.73. The number of aliphatic hydroxyl groups excluding tert-OH is 1. The van der Waals surface area contributed by atoms with Crippen molar-refractivity contribution in [2.75, 3.05) is 5.32 Å². The summed E-state index contributed by atoms with van der Waals surface area (Å²) in [5.74, 6) is -1.57. The number of hydrogen-bond acceptors (Lipinski definition) is 3. The average molecular weight is 280 g/mol. The van der Waals surface area contributed by atoms with E-state index in [1.807, 2.05) is 42.5 Å². The Morgan fingerprint density at radius 2 is 1.67 bits per heavy atom. The molecule has 4 nitrogen and oxygen atoms in total. The highest BCUT2D eigenvalue weighted by Gasteiger charge is 2.23. The summed E-state index contributed by atoms with van der Waals surface area (Å²) in [6.45, 7) is 1.42. The highest BCUT2D eigenvalue weighted by Crippen LogP contribution is 2.21. The van der Waals surface area contributed by atoms with Crippen LogP contribution in [-0.2, 0) is 4.79 Å². The Kier molecular flexibility index (Phi) is 4.70. The van der Waals surface area contributed by atoms with Gasteiger partial charge in [-0.3, -0.25) is 4.79 Å². The van der Waals surface area contributed by atoms with Crippen LogP contribution in [0.25, 0.3) is 11.1 Å². The summed E-state index contributed by atoms with van der Waals surface area (Å²) in [6, 6.07) is 19.0. The third-order valence-corrected chi connectivity index (χ3v) is 3.16. The average Bonchev–Trinajstić information content (AvgIpc) is 2.49. The van der Waals surface area contributed by atoms with E-state index in [2.05, 4.69) is 5.32 Å². The van der Waals surface area contributed by atoms with Gasteiger partial charge >= 0.3 is 0 Å². The molecule has 0 heterocycles. The van der Waals surface area contributed by atoms with Gasteiger partial charge in [0.1, 0.15) is 0 Å². The second-order valence-electron chi connectivity index (χ2n) is 4.78. The van der Waals surface area contributed by atoms with Gasteiger partial charge in [0.05, 0.1) is 12.2 Å². The molecule has 2 aromatic carbocycles. The van der Waals surface area contributed by atoms with E-state index in [1.165, 1.54) is 6.92 Å². The lowest BCUT2D eigenvalue weighted by molar-refractivity contribution is -0.120. The maximum atomic E-state index is 11.8. The molecule has 2 unspecified atom stereocenters. The molecule has 21 heavy (non-hydrogen) atoms. The van der Waals surface area contributed by atoms with Crippen molar-refractivity contribution in [2.24, 2.45) is 5.92 Å². The molecule has 2 atom stereocenters. The predicted molar refractivity (Wildman–Crippen MR) is 81.3 cm³/mol. The Labute approximate surface area is 123 Å². The topological polar surface area (TPSA) is 73.1 Å². The lowest BCUT2D eigenvalue weighted by atomic mass is 10.0. The first-order valence-corrected chi connectivity index (χ1v) is 6.66. The highest BCUT2D eigenvalue weighted by molar-refractivity contribution is 5.94. The zero-order valence-electron chi connectivity index (χ0n) is 11.7. The zero-order chi connectivity index (χ0) is 15.2. The van der Waals surface area contributed by atoms with Crippen molar-refractivity contribution in [2.45, 2.75) is 13.0 Å². The number of carbonyl (C=O) groups excluding carboxylic acids is 1. The molecule has 0 radical (unpaired) electrons. The van der Waals surface area contributed by atoms with Crippen LogP contribution in [-0.4, -0.2) is 17.1 Å². The van der Waals surface area contributed by atoms with Crippen LogP contribution in [0.4, 0.5) is 5.69 Å². The van der Waals surface area contributed by atoms with Crippen LogP contribution in [0.5, 0.6) is 0 Å². The standard InChI is InChI=1S/C17H16N2O2/c1-12(20)16(11-18)17(21)19-15-9-7-14(8-10-15)13-5-3-2-4-6-13/h2-10,12,16,20H,1H3,(H,19,21). The molecule has 0 fully saturated rings. The third-order valence-electron chi connectivity index (χ3n) is 3.16. The number of anilines is 1. The van der Waals surface area contributed by atoms with Crippen molar-refractivity contribution in [3.8, 4) is 17.2 Å². The van der Waals surface area contributed by atoms with E-state index >= 15 is 0 Å². The molecule has 2 rings (SSSR count). The minimum absolute atomic E-state index is 0.500. The summed E-state index contributed by atoms with van der Waals surface area (Å²) < 4.78 is 0. The van der Waals surface area contributed by atoms with Gasteiger partial charge in [0, 0.05) is 5.69 Å². The number of amides is 1. The van der Waals surface area contributed by atoms with Crippen LogP contribution in [0, 0.1) is 17.2 Å². The number of nitriles is 1. The monoisotopic (exact) mass is 280 g/mol. The molecule has 0 aliphatic carbocycles. The first-order valence-electron chi connectivity index (χ1n) is 6.66. The van der Waals surface area contributed by atoms with E-state index in [9.17, 15) is 9.90 Å². The van der Waals surface area contributed by atoms with Crippen molar-refractivity contribution >= 4 is 11.6 Å². The van der Waals surface area contributed by atoms with Gasteiger partial charge in [-0.05, 0) is 30.2 Å². The van der Waals surface area contributed by atoms with Gasteiger partial charge in [0.15, 0.2) is 5.92 Å². The Morgan fingerprint density at radius 3 is 2.19 bits per heavy atom. The van der Waals surface area contributed by atoms with Gasteiger partial charge in [-0.1, -0.05) is 42.5 Å². The fourth-order valence-electron chi connectivity index (χ4n) is 1.98. The molecule has 2 N–H and O–H groups in total. The van der Waals surface area contributed by atoms with E-state index in [-0.39, 0.29) is 0 Å². The summed E-state index contributed by atoms with van der Waals surface area (Å²) in [7, 11) is 0. The SMILES string of the molecule is CC(O)C(C#N)C(=O)Nc1ccc(-c2ccccc2)cc1. The predicted octanol–water partition coefficient (Wildman–Crippen LogP) is 2.81. The maximum absolute atomic E-state index is 11.8. The lowest BCUT2D eigenvalue weighted by Crippen LogP contribution is -2.29. The van der Waals surface area contributed by atoms with E-state index < -0.39 is 17.9 Å². The van der Waals surface area contributed by atoms with Gasteiger partial charge in [-0.2, -0.15) is 5.26 Å². The van der Waals surface area contributed by atoms with Crippen molar-refractivity contribution in [1.29, 1.82) is 5.26 Å². The molecule has 106 valence electrons. The second kappa shape index (κ2) is 6.69. The van der Waals surface area contributed by atoms with Crippen LogP contribution in [0.1, 0.15) is 6.92 Å². The summed E-state index contributed by atoms with van der Waals surface area (Å²) in [5, 5.41) is 20.9. The normalized spacial score (nSPS) is 13.0. The number of nitrogens with zero attached hydrogens (tertiary/aromatic N) is 1. The highest BCUT2D eigenvalue weighted by atomic mass is 16.3. The van der Waals surface area contributed by atoms with Gasteiger partial charge in [0.2, 0.25) is 5.91 Å². The molecule has 4 heteroatoms. The molecule has 2 aromatic rings. The van der Waals surface area contributed by atoms with Gasteiger partial charge in [-0.25, -0.2) is 0 Å². The quantitative estimate of drug-likeness (QED) is 0.904. The Morgan fingerprint density at radius 1 is 1.10 bits per heavy atom. The molecule has 0 saturated heterocycles. The minimum atomic E-state index is -1.07. The van der Waals surface area contributed by atoms with Crippen molar-refractivity contribution in [3.63, 3.8) is 0 Å². The molecule has 0 aliphatic rings. The van der Waals surface area contributed by atoms with Crippen molar-refractivity contribution in [1.82, 2.24) is 0 Å². The molecular formula is C17H16N2O2. The largest absolute Gasteiger partial charge is 0.391 e. The van der Waals surface area contributed by atoms with Crippen LogP contribution in [0.3, 0.4) is 0 Å². The molecule has 0 bridgehead atoms. The van der Waals surface area contributed by atoms with E-state index in [0.29, 0.717) is 5.69 Å². The van der Waals surface area contributed by atoms with Crippen LogP contribution in [0.15, 0.2) is 54.6 Å². The first kappa shape index (κ1) is 14.8. The summed E-state index contributed by atoms with van der Waals surface area (Å²) in [6.07, 6.45) is -1.00. The van der Waals surface area contributed by atoms with E-state index in [4.69, 9.17) is 5.26 Å². The van der Waals surface area contributed by atoms with Gasteiger partial charge in [-0.15, -0.1) is 0 Å². The Hall–Kier alpha value is -2.64. The molecule has 0 aliphatic heterocycles. The number of carbonyl (C=O) groups is 1. The van der Waals surface area contributed by atoms with Crippen molar-refractivity contribution < 1.29 is 9.90 Å². The number of rotatable bonds is 4. The molecule has 1 amide bonds. The van der Waals surface area contributed by atoms with Gasteiger partial charge < -0.3 is 10.4 Å². The lowest BCUT2D eigenvalue weighted by Gasteiger charge is -2.12. The second-order valence-corrected chi connectivity index (χ2v) is 4.78. The third kappa shape index (κ3) is 3.68.